The Bertz CT molecular complexity index is 879. The largest absolute Gasteiger partial charge is 0.494 e. The number of nitrogens with zero attached hydrogens (tertiary/aromatic N) is 1. The van der Waals surface area contributed by atoms with Crippen LogP contribution < -0.4 is 5.46 Å². The molecule has 184 valence electrons. The van der Waals surface area contributed by atoms with E-state index in [0.29, 0.717) is 30.5 Å². The summed E-state index contributed by atoms with van der Waals surface area (Å²) in [6.45, 7) is 15.7. The third-order valence-corrected chi connectivity index (χ3v) is 6.82. The number of benzene rings is 1. The van der Waals surface area contributed by atoms with E-state index in [1.807, 2.05) is 34.6 Å². The molecular formula is C24H35BF3NO4. The van der Waals surface area contributed by atoms with Gasteiger partial charge in [-0.25, -0.2) is 4.79 Å². The van der Waals surface area contributed by atoms with Crippen LogP contribution in [0.25, 0.3) is 0 Å². The van der Waals surface area contributed by atoms with E-state index < -0.39 is 41.8 Å². The monoisotopic (exact) mass is 469 g/mol. The van der Waals surface area contributed by atoms with E-state index in [-0.39, 0.29) is 11.8 Å². The van der Waals surface area contributed by atoms with Crippen LogP contribution in [0.3, 0.4) is 0 Å². The van der Waals surface area contributed by atoms with Gasteiger partial charge in [0.15, 0.2) is 0 Å². The molecule has 0 aromatic heterocycles. The Morgan fingerprint density at radius 2 is 1.67 bits per heavy atom. The van der Waals surface area contributed by atoms with Gasteiger partial charge in [-0.05, 0) is 83.8 Å². The van der Waals surface area contributed by atoms with Gasteiger partial charge >= 0.3 is 19.4 Å². The molecule has 2 unspecified atom stereocenters. The highest BCUT2D eigenvalue weighted by Crippen LogP contribution is 2.39. The lowest BCUT2D eigenvalue weighted by Gasteiger charge is -2.38. The van der Waals surface area contributed by atoms with Crippen LogP contribution in [-0.4, -0.2) is 48.0 Å². The second kappa shape index (κ2) is 8.49. The van der Waals surface area contributed by atoms with Crippen molar-refractivity contribution in [2.45, 2.75) is 90.7 Å². The Kier molecular flexibility index (Phi) is 6.66. The van der Waals surface area contributed by atoms with Gasteiger partial charge in [-0.1, -0.05) is 19.1 Å². The summed E-state index contributed by atoms with van der Waals surface area (Å²) in [5, 5.41) is 0. The summed E-state index contributed by atoms with van der Waals surface area (Å²) in [7, 11) is -0.881. The fourth-order valence-electron chi connectivity index (χ4n) is 4.30. The van der Waals surface area contributed by atoms with Crippen LogP contribution in [0.4, 0.5) is 18.0 Å². The van der Waals surface area contributed by atoms with Gasteiger partial charge in [0.05, 0.1) is 16.8 Å². The molecule has 2 saturated heterocycles. The SMILES string of the molecule is CC1CN(C(=O)OC(C)(C)C)CCC1c1cc(B2OC(C)(C)C(C)(C)O2)cc(C(F)(F)F)c1. The number of ether oxygens (including phenoxy) is 1. The van der Waals surface area contributed by atoms with Crippen LogP contribution in [0.15, 0.2) is 18.2 Å². The maximum atomic E-state index is 13.8. The van der Waals surface area contributed by atoms with Crippen molar-refractivity contribution in [3.05, 3.63) is 29.3 Å². The molecule has 0 N–H and O–H groups in total. The zero-order valence-corrected chi connectivity index (χ0v) is 20.8. The van der Waals surface area contributed by atoms with Crippen molar-refractivity contribution in [2.24, 2.45) is 5.92 Å². The predicted octanol–water partition coefficient (Wildman–Crippen LogP) is 5.37. The molecule has 2 atom stereocenters. The Labute approximate surface area is 195 Å². The van der Waals surface area contributed by atoms with Crippen LogP contribution in [0, 0.1) is 5.92 Å². The maximum absolute atomic E-state index is 13.8. The summed E-state index contributed by atoms with van der Waals surface area (Å²) in [5.41, 5.74) is -1.68. The number of halogens is 3. The van der Waals surface area contributed by atoms with Crippen molar-refractivity contribution >= 4 is 18.7 Å². The summed E-state index contributed by atoms with van der Waals surface area (Å²) in [4.78, 5) is 14.1. The third kappa shape index (κ3) is 5.68. The molecule has 2 aliphatic heterocycles. The number of alkyl halides is 3. The molecule has 1 aromatic carbocycles. The van der Waals surface area contributed by atoms with Gasteiger partial charge in [0, 0.05) is 13.1 Å². The standard InChI is InChI=1S/C24H35BF3NO4/c1-15-14-29(20(30)31-21(2,3)4)10-9-19(15)16-11-17(24(26,27)28)13-18(12-16)25-32-22(5,6)23(7,8)33-25/h11-13,15,19H,9-10,14H2,1-8H3. The lowest BCUT2D eigenvalue weighted by molar-refractivity contribution is -0.137. The lowest BCUT2D eigenvalue weighted by atomic mass is 9.74. The normalized spacial score (nSPS) is 25.3. The number of rotatable bonds is 2. The van der Waals surface area contributed by atoms with E-state index in [1.165, 1.54) is 6.07 Å². The van der Waals surface area contributed by atoms with Crippen molar-refractivity contribution in [1.29, 1.82) is 0 Å². The van der Waals surface area contributed by atoms with Crippen LogP contribution in [-0.2, 0) is 20.2 Å². The summed E-state index contributed by atoms with van der Waals surface area (Å²) in [6.07, 6.45) is -4.34. The van der Waals surface area contributed by atoms with E-state index in [1.54, 1.807) is 31.7 Å². The zero-order chi connectivity index (χ0) is 25.0. The minimum absolute atomic E-state index is 0.0408. The highest BCUT2D eigenvalue weighted by molar-refractivity contribution is 6.62. The molecule has 2 heterocycles. The van der Waals surface area contributed by atoms with Crippen molar-refractivity contribution < 1.29 is 32.0 Å². The number of likely N-dealkylation sites (tertiary alicyclic amines) is 1. The fraction of sp³-hybridized carbons (Fsp3) is 0.708. The topological polar surface area (TPSA) is 48.0 Å². The van der Waals surface area contributed by atoms with Crippen LogP contribution >= 0.6 is 0 Å². The molecule has 1 amide bonds. The van der Waals surface area contributed by atoms with Gasteiger partial charge in [-0.2, -0.15) is 13.2 Å². The summed E-state index contributed by atoms with van der Waals surface area (Å²) in [5.74, 6) is -0.173. The maximum Gasteiger partial charge on any atom is 0.494 e. The molecule has 9 heteroatoms. The van der Waals surface area contributed by atoms with Gasteiger partial charge in [0.2, 0.25) is 0 Å². The minimum atomic E-state index is -4.49. The highest BCUT2D eigenvalue weighted by atomic mass is 19.4. The molecule has 0 saturated carbocycles. The van der Waals surface area contributed by atoms with Crippen LogP contribution in [0.1, 0.15) is 78.9 Å². The van der Waals surface area contributed by atoms with Gasteiger partial charge in [-0.3, -0.25) is 0 Å². The number of carbonyl (C=O) groups excluding carboxylic acids is 1. The molecular weight excluding hydrogens is 434 g/mol. The second-order valence-electron chi connectivity index (χ2n) is 11.3. The van der Waals surface area contributed by atoms with Crippen molar-refractivity contribution in [3.63, 3.8) is 0 Å². The van der Waals surface area contributed by atoms with Gasteiger partial charge in [0.1, 0.15) is 5.60 Å². The molecule has 5 nitrogen and oxygen atoms in total. The quantitative estimate of drug-likeness (QED) is 0.547. The Morgan fingerprint density at radius 3 is 2.15 bits per heavy atom. The molecule has 0 spiro atoms. The van der Waals surface area contributed by atoms with E-state index in [9.17, 15) is 18.0 Å². The van der Waals surface area contributed by atoms with Crippen molar-refractivity contribution in [2.75, 3.05) is 13.1 Å². The molecule has 1 aromatic rings. The average Bonchev–Trinajstić information content (AvgIpc) is 2.86. The summed E-state index contributed by atoms with van der Waals surface area (Å²) >= 11 is 0. The number of carbonyl (C=O) groups is 1. The summed E-state index contributed by atoms with van der Waals surface area (Å²) in [6, 6.07) is 4.10. The smallest absolute Gasteiger partial charge is 0.444 e. The average molecular weight is 469 g/mol. The Morgan fingerprint density at radius 1 is 1.09 bits per heavy atom. The molecule has 2 aliphatic rings. The van der Waals surface area contributed by atoms with Gasteiger partial charge in [-0.15, -0.1) is 0 Å². The number of piperidine rings is 1. The highest BCUT2D eigenvalue weighted by Gasteiger charge is 2.52. The van der Waals surface area contributed by atoms with E-state index in [2.05, 4.69) is 0 Å². The molecule has 3 rings (SSSR count). The van der Waals surface area contributed by atoms with Gasteiger partial charge in [0.25, 0.3) is 0 Å². The number of amides is 1. The molecule has 33 heavy (non-hydrogen) atoms. The molecule has 2 fully saturated rings. The molecule has 0 radical (unpaired) electrons. The number of hydrogen-bond donors (Lipinski definition) is 0. The lowest BCUT2D eigenvalue weighted by Crippen LogP contribution is -2.44. The van der Waals surface area contributed by atoms with Gasteiger partial charge < -0.3 is 18.9 Å². The summed E-state index contributed by atoms with van der Waals surface area (Å²) < 4.78 is 58.8. The second-order valence-corrected chi connectivity index (χ2v) is 11.3. The van der Waals surface area contributed by atoms with Crippen molar-refractivity contribution in [1.82, 2.24) is 4.90 Å². The molecule has 0 bridgehead atoms. The fourth-order valence-corrected chi connectivity index (χ4v) is 4.30. The Balaban J connectivity index is 1.88. The predicted molar refractivity (Wildman–Crippen MR) is 121 cm³/mol. The third-order valence-electron chi connectivity index (χ3n) is 6.82. The van der Waals surface area contributed by atoms with Crippen LogP contribution in [0.5, 0.6) is 0 Å². The minimum Gasteiger partial charge on any atom is -0.444 e. The van der Waals surface area contributed by atoms with E-state index in [4.69, 9.17) is 14.0 Å². The Hall–Kier alpha value is -1.74. The van der Waals surface area contributed by atoms with Crippen LogP contribution in [0.2, 0.25) is 0 Å². The first-order chi connectivity index (χ1) is 14.9. The number of hydrogen-bond acceptors (Lipinski definition) is 4. The molecule has 0 aliphatic carbocycles. The van der Waals surface area contributed by atoms with Crippen molar-refractivity contribution in [3.8, 4) is 0 Å². The first-order valence-corrected chi connectivity index (χ1v) is 11.5. The van der Waals surface area contributed by atoms with E-state index in [0.717, 1.165) is 6.07 Å². The van der Waals surface area contributed by atoms with E-state index >= 15 is 0 Å². The zero-order valence-electron chi connectivity index (χ0n) is 20.8. The first-order valence-electron chi connectivity index (χ1n) is 11.5. The first kappa shape index (κ1) is 25.9.